The van der Waals surface area contributed by atoms with E-state index in [-0.39, 0.29) is 17.4 Å². The number of hydrogen-bond acceptors (Lipinski definition) is 6. The molecule has 3 aromatic rings. The molecule has 1 heterocycles. The second-order valence-corrected chi connectivity index (χ2v) is 5.54. The molecule has 2 aromatic carbocycles. The van der Waals surface area contributed by atoms with Gasteiger partial charge in [0.05, 0.1) is 11.4 Å². The summed E-state index contributed by atoms with van der Waals surface area (Å²) in [7, 11) is 0. The molecule has 0 spiro atoms. The minimum absolute atomic E-state index is 0.138. The summed E-state index contributed by atoms with van der Waals surface area (Å²) in [6.07, 6.45) is 0. The minimum atomic E-state index is -0.138. The Balaban J connectivity index is 1.64. The third-order valence-electron chi connectivity index (χ3n) is 2.93. The Labute approximate surface area is 136 Å². The highest BCUT2D eigenvalue weighted by Crippen LogP contribution is 2.20. The van der Waals surface area contributed by atoms with E-state index in [1.807, 2.05) is 30.3 Å². The topological polar surface area (TPSA) is 92.9 Å². The average molecular weight is 327 g/mol. The number of amides is 1. The van der Waals surface area contributed by atoms with Crippen LogP contribution in [0.3, 0.4) is 0 Å². The molecule has 0 atom stereocenters. The molecule has 0 aliphatic carbocycles. The number of rotatable bonds is 5. The molecule has 3 rings (SSSR count). The van der Waals surface area contributed by atoms with Crippen LogP contribution in [-0.2, 0) is 4.79 Å². The van der Waals surface area contributed by atoms with E-state index in [0.717, 1.165) is 5.69 Å². The number of hydrogen-bond donors (Lipinski definition) is 2. The molecule has 0 radical (unpaired) electrons. The number of nitrogens with zero attached hydrogens (tertiary/aromatic N) is 4. The molecule has 116 valence electrons. The van der Waals surface area contributed by atoms with Crippen LogP contribution in [0.4, 0.5) is 5.69 Å². The smallest absolute Gasteiger partial charge is 0.234 e. The van der Waals surface area contributed by atoms with Crippen LogP contribution in [0.25, 0.3) is 5.69 Å². The molecule has 0 saturated carbocycles. The predicted octanol–water partition coefficient (Wildman–Crippen LogP) is 2.10. The first-order valence-corrected chi connectivity index (χ1v) is 7.76. The van der Waals surface area contributed by atoms with Gasteiger partial charge in [0.25, 0.3) is 0 Å². The van der Waals surface area contributed by atoms with Crippen molar-refractivity contribution in [3.05, 3.63) is 54.6 Å². The van der Waals surface area contributed by atoms with Gasteiger partial charge >= 0.3 is 0 Å². The molecule has 23 heavy (non-hydrogen) atoms. The Kier molecular flexibility index (Phi) is 4.53. The fourth-order valence-corrected chi connectivity index (χ4v) is 2.56. The maximum absolute atomic E-state index is 12.0. The number of anilines is 1. The van der Waals surface area contributed by atoms with Crippen molar-refractivity contribution >= 4 is 23.4 Å². The summed E-state index contributed by atoms with van der Waals surface area (Å²) in [6, 6.07) is 15.7. The largest absolute Gasteiger partial charge is 0.508 e. The lowest BCUT2D eigenvalue weighted by atomic mass is 10.3. The monoisotopic (exact) mass is 327 g/mol. The molecular formula is C15H13N5O2S. The third kappa shape index (κ3) is 3.86. The first-order valence-electron chi connectivity index (χ1n) is 6.78. The van der Waals surface area contributed by atoms with Gasteiger partial charge in [-0.2, -0.15) is 4.68 Å². The Morgan fingerprint density at radius 2 is 1.87 bits per heavy atom. The van der Waals surface area contributed by atoms with E-state index in [1.165, 1.54) is 16.4 Å². The van der Waals surface area contributed by atoms with Crippen LogP contribution in [-0.4, -0.2) is 37.0 Å². The number of para-hydroxylation sites is 1. The quantitative estimate of drug-likeness (QED) is 0.697. The van der Waals surface area contributed by atoms with E-state index in [2.05, 4.69) is 20.8 Å². The lowest BCUT2D eigenvalue weighted by molar-refractivity contribution is -0.113. The molecule has 0 bridgehead atoms. The summed E-state index contributed by atoms with van der Waals surface area (Å²) >= 11 is 1.23. The minimum Gasteiger partial charge on any atom is -0.508 e. The maximum Gasteiger partial charge on any atom is 0.234 e. The summed E-state index contributed by atoms with van der Waals surface area (Å²) in [5.74, 6) is 0.215. The third-order valence-corrected chi connectivity index (χ3v) is 3.84. The second-order valence-electron chi connectivity index (χ2n) is 4.59. The van der Waals surface area contributed by atoms with Crippen molar-refractivity contribution in [2.45, 2.75) is 5.16 Å². The summed E-state index contributed by atoms with van der Waals surface area (Å²) in [4.78, 5) is 12.0. The molecule has 0 saturated heterocycles. The molecule has 0 fully saturated rings. The van der Waals surface area contributed by atoms with Crippen molar-refractivity contribution < 1.29 is 9.90 Å². The Morgan fingerprint density at radius 1 is 1.13 bits per heavy atom. The van der Waals surface area contributed by atoms with Gasteiger partial charge in [0.15, 0.2) is 0 Å². The first kappa shape index (κ1) is 15.0. The maximum atomic E-state index is 12.0. The van der Waals surface area contributed by atoms with E-state index in [4.69, 9.17) is 0 Å². The molecule has 8 heteroatoms. The van der Waals surface area contributed by atoms with Crippen LogP contribution < -0.4 is 5.32 Å². The van der Waals surface area contributed by atoms with Crippen molar-refractivity contribution in [3.63, 3.8) is 0 Å². The molecule has 1 aromatic heterocycles. The van der Waals surface area contributed by atoms with E-state index in [0.29, 0.717) is 10.8 Å². The number of thioether (sulfide) groups is 1. The van der Waals surface area contributed by atoms with Gasteiger partial charge < -0.3 is 10.4 Å². The zero-order valence-electron chi connectivity index (χ0n) is 12.0. The van der Waals surface area contributed by atoms with Crippen molar-refractivity contribution in [2.24, 2.45) is 0 Å². The van der Waals surface area contributed by atoms with Crippen molar-refractivity contribution in [1.82, 2.24) is 20.2 Å². The average Bonchev–Trinajstić information content (AvgIpc) is 3.03. The van der Waals surface area contributed by atoms with E-state index < -0.39 is 0 Å². The lowest BCUT2D eigenvalue weighted by Crippen LogP contribution is -2.14. The summed E-state index contributed by atoms with van der Waals surface area (Å²) in [5, 5.41) is 24.1. The summed E-state index contributed by atoms with van der Waals surface area (Å²) in [5.41, 5.74) is 1.45. The van der Waals surface area contributed by atoms with E-state index >= 15 is 0 Å². The normalized spacial score (nSPS) is 10.4. The van der Waals surface area contributed by atoms with Gasteiger partial charge in [-0.3, -0.25) is 4.79 Å². The zero-order valence-corrected chi connectivity index (χ0v) is 12.8. The van der Waals surface area contributed by atoms with Gasteiger partial charge in [0, 0.05) is 5.69 Å². The van der Waals surface area contributed by atoms with Gasteiger partial charge in [-0.15, -0.1) is 5.10 Å². The highest BCUT2D eigenvalue weighted by molar-refractivity contribution is 7.99. The van der Waals surface area contributed by atoms with Crippen molar-refractivity contribution in [1.29, 1.82) is 0 Å². The molecule has 1 amide bonds. The summed E-state index contributed by atoms with van der Waals surface area (Å²) in [6.45, 7) is 0. The molecule has 0 aliphatic rings. The van der Waals surface area contributed by atoms with Gasteiger partial charge in [-0.1, -0.05) is 30.0 Å². The number of benzene rings is 2. The van der Waals surface area contributed by atoms with E-state index in [1.54, 1.807) is 24.3 Å². The number of tetrazole rings is 1. The fourth-order valence-electron chi connectivity index (χ4n) is 1.87. The number of phenolic OH excluding ortho intramolecular Hbond substituents is 1. The number of aromatic hydroxyl groups is 1. The highest BCUT2D eigenvalue weighted by Gasteiger charge is 2.11. The fraction of sp³-hybridized carbons (Fsp3) is 0.0667. The molecular weight excluding hydrogens is 314 g/mol. The number of carbonyl (C=O) groups is 1. The van der Waals surface area contributed by atoms with E-state index in [9.17, 15) is 9.90 Å². The molecule has 2 N–H and O–H groups in total. The summed E-state index contributed by atoms with van der Waals surface area (Å²) < 4.78 is 1.51. The highest BCUT2D eigenvalue weighted by atomic mass is 32.2. The molecule has 0 unspecified atom stereocenters. The molecule has 0 aliphatic heterocycles. The van der Waals surface area contributed by atoms with Gasteiger partial charge in [-0.05, 0) is 46.8 Å². The standard InChI is InChI=1S/C15H13N5O2S/c21-13-8-6-12(7-9-13)20-15(17-18-19-20)23-10-14(22)16-11-4-2-1-3-5-11/h1-9,21H,10H2,(H,16,22). The van der Waals surface area contributed by atoms with Crippen LogP contribution in [0.5, 0.6) is 5.75 Å². The van der Waals surface area contributed by atoms with Gasteiger partial charge in [0.1, 0.15) is 5.75 Å². The van der Waals surface area contributed by atoms with Crippen LogP contribution in [0, 0.1) is 0 Å². The second kappa shape index (κ2) is 6.93. The zero-order chi connectivity index (χ0) is 16.1. The number of carbonyl (C=O) groups excluding carboxylic acids is 1. The Bertz CT molecular complexity index is 789. The number of nitrogens with one attached hydrogen (secondary N) is 1. The Morgan fingerprint density at radius 3 is 2.61 bits per heavy atom. The van der Waals surface area contributed by atoms with Crippen LogP contribution in [0.1, 0.15) is 0 Å². The first-order chi connectivity index (χ1) is 11.2. The van der Waals surface area contributed by atoms with Crippen LogP contribution >= 0.6 is 11.8 Å². The number of aromatic nitrogens is 4. The lowest BCUT2D eigenvalue weighted by Gasteiger charge is -2.05. The van der Waals surface area contributed by atoms with Gasteiger partial charge in [0.2, 0.25) is 11.1 Å². The predicted molar refractivity (Wildman–Crippen MR) is 86.6 cm³/mol. The van der Waals surface area contributed by atoms with Crippen molar-refractivity contribution in [3.8, 4) is 11.4 Å². The van der Waals surface area contributed by atoms with Crippen LogP contribution in [0.15, 0.2) is 59.8 Å². The Hall–Kier alpha value is -2.87. The van der Waals surface area contributed by atoms with Gasteiger partial charge in [-0.25, -0.2) is 0 Å². The SMILES string of the molecule is O=C(CSc1nnnn1-c1ccc(O)cc1)Nc1ccccc1. The van der Waals surface area contributed by atoms with Crippen molar-refractivity contribution in [2.75, 3.05) is 11.1 Å². The number of phenols is 1. The van der Waals surface area contributed by atoms with Crippen LogP contribution in [0.2, 0.25) is 0 Å². The molecule has 7 nitrogen and oxygen atoms in total.